The molecule has 1 aromatic heterocycles. The summed E-state index contributed by atoms with van der Waals surface area (Å²) >= 11 is 0. The third-order valence-electron chi connectivity index (χ3n) is 3.04. The van der Waals surface area contributed by atoms with Crippen LogP contribution in [0.1, 0.15) is 32.1 Å². The van der Waals surface area contributed by atoms with Crippen molar-refractivity contribution < 1.29 is 14.7 Å². The predicted octanol–water partition coefficient (Wildman–Crippen LogP) is 0.881. The van der Waals surface area contributed by atoms with Gasteiger partial charge in [0.15, 0.2) is 12.4 Å². The second-order valence-electron chi connectivity index (χ2n) is 4.48. The van der Waals surface area contributed by atoms with Crippen LogP contribution in [-0.4, -0.2) is 32.0 Å². The van der Waals surface area contributed by atoms with Gasteiger partial charge in [-0.3, -0.25) is 9.59 Å². The summed E-state index contributed by atoms with van der Waals surface area (Å²) < 4.78 is 0. The van der Waals surface area contributed by atoms with Crippen molar-refractivity contribution in [1.82, 2.24) is 15.0 Å². The highest BCUT2D eigenvalue weighted by Gasteiger charge is 2.21. The van der Waals surface area contributed by atoms with Crippen molar-refractivity contribution in [2.45, 2.75) is 38.6 Å². The number of carboxylic acid groups (broad SMARTS) is 1. The van der Waals surface area contributed by atoms with Crippen molar-refractivity contribution in [2.24, 2.45) is 5.92 Å². The Morgan fingerprint density at radius 3 is 2.78 bits per heavy atom. The summed E-state index contributed by atoms with van der Waals surface area (Å²) in [6.45, 7) is -0.306. The highest BCUT2D eigenvalue weighted by Crippen LogP contribution is 2.24. The Labute approximate surface area is 104 Å². The maximum absolute atomic E-state index is 11.9. The van der Waals surface area contributed by atoms with Gasteiger partial charge in [-0.25, -0.2) is 0 Å². The number of carboxylic acids is 1. The summed E-state index contributed by atoms with van der Waals surface area (Å²) in [5.41, 5.74) is 0. The van der Waals surface area contributed by atoms with E-state index < -0.39 is 5.97 Å². The van der Waals surface area contributed by atoms with Crippen LogP contribution in [0.3, 0.4) is 0 Å². The first kappa shape index (κ1) is 12.5. The van der Waals surface area contributed by atoms with E-state index in [-0.39, 0.29) is 18.4 Å². The molecule has 0 atom stereocenters. The van der Waals surface area contributed by atoms with Crippen molar-refractivity contribution in [3.63, 3.8) is 0 Å². The van der Waals surface area contributed by atoms with Crippen LogP contribution >= 0.6 is 0 Å². The number of amides is 1. The normalized spacial score (nSPS) is 16.4. The van der Waals surface area contributed by atoms with Gasteiger partial charge in [0.25, 0.3) is 0 Å². The average Bonchev–Trinajstić information content (AvgIpc) is 2.76. The van der Waals surface area contributed by atoms with E-state index >= 15 is 0 Å². The Bertz CT molecular complexity index is 437. The lowest BCUT2D eigenvalue weighted by atomic mass is 9.89. The lowest BCUT2D eigenvalue weighted by molar-refractivity contribution is -0.138. The lowest BCUT2D eigenvalue weighted by Gasteiger charge is -2.19. The molecule has 2 N–H and O–H groups in total. The van der Waals surface area contributed by atoms with Gasteiger partial charge in [0, 0.05) is 5.92 Å². The number of hydrogen-bond donors (Lipinski definition) is 2. The minimum Gasteiger partial charge on any atom is -0.480 e. The molecule has 0 bridgehead atoms. The van der Waals surface area contributed by atoms with Gasteiger partial charge < -0.3 is 10.4 Å². The van der Waals surface area contributed by atoms with Crippen molar-refractivity contribution >= 4 is 17.7 Å². The second kappa shape index (κ2) is 5.61. The molecule has 0 spiro atoms. The number of nitrogens with zero attached hydrogens (tertiary/aromatic N) is 3. The molecule has 1 fully saturated rings. The molecule has 2 rings (SSSR count). The van der Waals surface area contributed by atoms with Crippen molar-refractivity contribution in [3.8, 4) is 0 Å². The molecule has 7 heteroatoms. The maximum Gasteiger partial charge on any atom is 0.327 e. The highest BCUT2D eigenvalue weighted by atomic mass is 16.4. The zero-order valence-corrected chi connectivity index (χ0v) is 10.0. The zero-order chi connectivity index (χ0) is 13.0. The number of carbonyl (C=O) groups is 2. The van der Waals surface area contributed by atoms with Gasteiger partial charge in [-0.15, -0.1) is 5.10 Å². The molecule has 0 aliphatic heterocycles. The summed E-state index contributed by atoms with van der Waals surface area (Å²) in [7, 11) is 0. The monoisotopic (exact) mass is 252 g/mol. The molecule has 0 aromatic carbocycles. The molecule has 0 saturated heterocycles. The van der Waals surface area contributed by atoms with E-state index in [1.165, 1.54) is 12.6 Å². The number of aliphatic carboxylic acids is 1. The molecule has 1 heterocycles. The van der Waals surface area contributed by atoms with Crippen LogP contribution in [0.2, 0.25) is 0 Å². The van der Waals surface area contributed by atoms with Crippen LogP contribution in [0, 0.1) is 5.92 Å². The molecular formula is C11H16N4O3. The molecule has 98 valence electrons. The van der Waals surface area contributed by atoms with E-state index in [1.807, 2.05) is 0 Å². The van der Waals surface area contributed by atoms with Gasteiger partial charge >= 0.3 is 5.97 Å². The molecular weight excluding hydrogens is 236 g/mol. The van der Waals surface area contributed by atoms with E-state index in [4.69, 9.17) is 5.11 Å². The second-order valence-corrected chi connectivity index (χ2v) is 4.48. The topological polar surface area (TPSA) is 97.1 Å². The summed E-state index contributed by atoms with van der Waals surface area (Å²) in [6, 6.07) is 0. The number of aromatic nitrogens is 3. The quantitative estimate of drug-likeness (QED) is 0.829. The Morgan fingerprint density at radius 1 is 1.39 bits per heavy atom. The van der Waals surface area contributed by atoms with Crippen molar-refractivity contribution in [2.75, 3.05) is 5.32 Å². The van der Waals surface area contributed by atoms with E-state index in [0.29, 0.717) is 5.82 Å². The van der Waals surface area contributed by atoms with Crippen LogP contribution in [0.5, 0.6) is 0 Å². The first-order chi connectivity index (χ1) is 8.65. The van der Waals surface area contributed by atoms with Crippen molar-refractivity contribution in [1.29, 1.82) is 0 Å². The van der Waals surface area contributed by atoms with Gasteiger partial charge in [0.1, 0.15) is 0 Å². The fraction of sp³-hybridized carbons (Fsp3) is 0.636. The van der Waals surface area contributed by atoms with Gasteiger partial charge in [-0.1, -0.05) is 19.3 Å². The summed E-state index contributed by atoms with van der Waals surface area (Å²) in [6.07, 6.45) is 6.56. The third kappa shape index (κ3) is 3.28. The minimum atomic E-state index is -1.02. The number of hydrogen-bond acceptors (Lipinski definition) is 4. The van der Waals surface area contributed by atoms with Crippen LogP contribution in [-0.2, 0) is 16.1 Å². The number of nitrogens with one attached hydrogen (secondary N) is 1. The Morgan fingerprint density at radius 2 is 2.11 bits per heavy atom. The Hall–Kier alpha value is -1.92. The minimum absolute atomic E-state index is 0.0444. The molecule has 0 unspecified atom stereocenters. The molecule has 1 aliphatic rings. The molecule has 1 aliphatic carbocycles. The van der Waals surface area contributed by atoms with E-state index in [0.717, 1.165) is 30.5 Å². The summed E-state index contributed by atoms with van der Waals surface area (Å²) in [5.74, 6) is -0.706. The molecule has 1 saturated carbocycles. The Kier molecular flexibility index (Phi) is 3.91. The molecule has 0 radical (unpaired) electrons. The van der Waals surface area contributed by atoms with Crippen LogP contribution in [0.15, 0.2) is 6.20 Å². The number of carbonyl (C=O) groups excluding carboxylic acids is 1. The molecule has 1 aromatic rings. The highest BCUT2D eigenvalue weighted by molar-refractivity contribution is 5.91. The SMILES string of the molecule is O=C(O)Cn1ncc(NC(=O)C2CCCCC2)n1. The van der Waals surface area contributed by atoms with E-state index in [2.05, 4.69) is 15.5 Å². The van der Waals surface area contributed by atoms with Crippen molar-refractivity contribution in [3.05, 3.63) is 6.20 Å². The fourth-order valence-electron chi connectivity index (χ4n) is 2.14. The fourth-order valence-corrected chi connectivity index (χ4v) is 2.14. The zero-order valence-electron chi connectivity index (χ0n) is 10.0. The number of rotatable bonds is 4. The lowest BCUT2D eigenvalue weighted by Crippen LogP contribution is -2.25. The van der Waals surface area contributed by atoms with Gasteiger partial charge in [-0.05, 0) is 12.8 Å². The summed E-state index contributed by atoms with van der Waals surface area (Å²) in [5, 5.41) is 18.9. The maximum atomic E-state index is 11.9. The number of anilines is 1. The molecule has 18 heavy (non-hydrogen) atoms. The molecule has 7 nitrogen and oxygen atoms in total. The largest absolute Gasteiger partial charge is 0.480 e. The van der Waals surface area contributed by atoms with Gasteiger partial charge in [0.2, 0.25) is 5.91 Å². The third-order valence-corrected chi connectivity index (χ3v) is 3.04. The first-order valence-corrected chi connectivity index (χ1v) is 6.08. The van der Waals surface area contributed by atoms with E-state index in [1.54, 1.807) is 0 Å². The average molecular weight is 252 g/mol. The molecule has 1 amide bonds. The standard InChI is InChI=1S/C11H16N4O3/c16-10(17)7-15-12-6-9(14-15)13-11(18)8-4-2-1-3-5-8/h6,8H,1-5,7H2,(H,16,17)(H,13,14,18). The Balaban J connectivity index is 1.90. The first-order valence-electron chi connectivity index (χ1n) is 6.08. The smallest absolute Gasteiger partial charge is 0.327 e. The predicted molar refractivity (Wildman–Crippen MR) is 62.9 cm³/mol. The van der Waals surface area contributed by atoms with Crippen LogP contribution in [0.4, 0.5) is 5.82 Å². The van der Waals surface area contributed by atoms with E-state index in [9.17, 15) is 9.59 Å². The van der Waals surface area contributed by atoms with Gasteiger partial charge in [0.05, 0.1) is 6.20 Å². The van der Waals surface area contributed by atoms with Gasteiger partial charge in [-0.2, -0.15) is 9.90 Å². The summed E-state index contributed by atoms with van der Waals surface area (Å²) in [4.78, 5) is 23.4. The van der Waals surface area contributed by atoms with Crippen LogP contribution < -0.4 is 5.32 Å². The van der Waals surface area contributed by atoms with Crippen LogP contribution in [0.25, 0.3) is 0 Å².